The van der Waals surface area contributed by atoms with Gasteiger partial charge in [0.25, 0.3) is 5.91 Å². The molecule has 0 spiro atoms. The van der Waals surface area contributed by atoms with Crippen molar-refractivity contribution < 1.29 is 28.9 Å². The number of hydrogen-bond acceptors (Lipinski definition) is 5. The molecule has 0 aliphatic carbocycles. The van der Waals surface area contributed by atoms with Crippen molar-refractivity contribution in [2.75, 3.05) is 33.4 Å². The van der Waals surface area contributed by atoms with Crippen molar-refractivity contribution in [1.82, 2.24) is 4.90 Å². The van der Waals surface area contributed by atoms with Gasteiger partial charge in [-0.15, -0.1) is 0 Å². The lowest BCUT2D eigenvalue weighted by molar-refractivity contribution is -0.154. The summed E-state index contributed by atoms with van der Waals surface area (Å²) in [4.78, 5) is 25.2. The number of carbonyl (C=O) groups excluding carboxylic acids is 1. The number of amides is 1. The molecular weight excluding hydrogens is 350 g/mol. The molecule has 1 aromatic rings. The van der Waals surface area contributed by atoms with Gasteiger partial charge >= 0.3 is 5.97 Å². The van der Waals surface area contributed by atoms with Crippen LogP contribution in [0.3, 0.4) is 0 Å². The number of carboxylic acid groups (broad SMARTS) is 1. The third kappa shape index (κ3) is 4.76. The van der Waals surface area contributed by atoms with E-state index in [1.54, 1.807) is 6.07 Å². The first kappa shape index (κ1) is 19.3. The van der Waals surface area contributed by atoms with Crippen molar-refractivity contribution in [2.24, 2.45) is 5.92 Å². The van der Waals surface area contributed by atoms with Crippen molar-refractivity contribution in [3.63, 3.8) is 0 Å². The van der Waals surface area contributed by atoms with Crippen molar-refractivity contribution in [1.29, 1.82) is 0 Å². The lowest BCUT2D eigenvalue weighted by atomic mass is 10.1. The summed E-state index contributed by atoms with van der Waals surface area (Å²) in [7, 11) is 1.47. The van der Waals surface area contributed by atoms with Gasteiger partial charge in [-0.3, -0.25) is 4.79 Å². The number of benzene rings is 1. The van der Waals surface area contributed by atoms with E-state index >= 15 is 0 Å². The van der Waals surface area contributed by atoms with E-state index in [2.05, 4.69) is 0 Å². The highest BCUT2D eigenvalue weighted by molar-refractivity contribution is 6.32. The highest BCUT2D eigenvalue weighted by atomic mass is 35.5. The summed E-state index contributed by atoms with van der Waals surface area (Å²) in [5, 5.41) is 9.32. The zero-order valence-electron chi connectivity index (χ0n) is 14.5. The number of ether oxygens (including phenoxy) is 3. The maximum Gasteiger partial charge on any atom is 0.334 e. The second-order valence-electron chi connectivity index (χ2n) is 6.14. The Morgan fingerprint density at radius 2 is 2.16 bits per heavy atom. The Morgan fingerprint density at radius 3 is 2.76 bits per heavy atom. The van der Waals surface area contributed by atoms with Gasteiger partial charge in [-0.25, -0.2) is 4.79 Å². The van der Waals surface area contributed by atoms with Crippen LogP contribution in [0.5, 0.6) is 11.5 Å². The number of aliphatic carboxylic acids is 1. The molecule has 7 nitrogen and oxygen atoms in total. The summed E-state index contributed by atoms with van der Waals surface area (Å²) < 4.78 is 16.1. The molecule has 1 fully saturated rings. The number of methoxy groups -OCH3 is 1. The maximum absolute atomic E-state index is 12.7. The molecule has 0 bridgehead atoms. The Morgan fingerprint density at radius 1 is 1.44 bits per heavy atom. The Balaban J connectivity index is 2.22. The fourth-order valence-corrected chi connectivity index (χ4v) is 2.66. The molecule has 1 atom stereocenters. The van der Waals surface area contributed by atoms with Gasteiger partial charge in [0.15, 0.2) is 17.6 Å². The SMILES string of the molecule is COc1cc(C(=O)N2CCOC(C(=O)O)C2)cc(Cl)c1OCC(C)C. The molecule has 1 heterocycles. The molecule has 1 N–H and O–H groups in total. The van der Waals surface area contributed by atoms with Crippen molar-refractivity contribution in [2.45, 2.75) is 20.0 Å². The fourth-order valence-electron chi connectivity index (χ4n) is 2.40. The van der Waals surface area contributed by atoms with Crippen molar-refractivity contribution in [3.8, 4) is 11.5 Å². The number of nitrogens with zero attached hydrogens (tertiary/aromatic N) is 1. The minimum Gasteiger partial charge on any atom is -0.493 e. The molecule has 25 heavy (non-hydrogen) atoms. The third-order valence-corrected chi connectivity index (χ3v) is 3.95. The van der Waals surface area contributed by atoms with Crippen LogP contribution in [-0.2, 0) is 9.53 Å². The summed E-state index contributed by atoms with van der Waals surface area (Å²) in [6, 6.07) is 3.06. The van der Waals surface area contributed by atoms with Gasteiger partial charge < -0.3 is 24.2 Å². The maximum atomic E-state index is 12.7. The first-order valence-corrected chi connectivity index (χ1v) is 8.35. The molecular formula is C17H22ClNO6. The Hall–Kier alpha value is -1.99. The van der Waals surface area contributed by atoms with Crippen LogP contribution in [0.1, 0.15) is 24.2 Å². The Kier molecular flexibility index (Phi) is 6.50. The van der Waals surface area contributed by atoms with Crippen LogP contribution in [-0.4, -0.2) is 61.4 Å². The molecule has 2 rings (SSSR count). The van der Waals surface area contributed by atoms with E-state index in [9.17, 15) is 9.59 Å². The second-order valence-corrected chi connectivity index (χ2v) is 6.55. The topological polar surface area (TPSA) is 85.3 Å². The number of carbonyl (C=O) groups is 2. The van der Waals surface area contributed by atoms with Gasteiger partial charge in [0.2, 0.25) is 0 Å². The molecule has 1 aliphatic heterocycles. The number of carboxylic acids is 1. The van der Waals surface area contributed by atoms with Crippen LogP contribution in [0, 0.1) is 5.92 Å². The van der Waals surface area contributed by atoms with E-state index < -0.39 is 12.1 Å². The smallest absolute Gasteiger partial charge is 0.334 e. The average Bonchev–Trinajstić information content (AvgIpc) is 2.59. The van der Waals surface area contributed by atoms with Gasteiger partial charge in [0, 0.05) is 12.1 Å². The standard InChI is InChI=1S/C17H22ClNO6/c1-10(2)9-25-15-12(18)6-11(7-13(15)23-3)16(20)19-4-5-24-14(8-19)17(21)22/h6-7,10,14H,4-5,8-9H2,1-3H3,(H,21,22). The zero-order valence-corrected chi connectivity index (χ0v) is 15.2. The Labute approximate surface area is 151 Å². The van der Waals surface area contributed by atoms with E-state index in [-0.39, 0.29) is 24.1 Å². The zero-order chi connectivity index (χ0) is 18.6. The molecule has 1 aliphatic rings. The highest BCUT2D eigenvalue weighted by Crippen LogP contribution is 2.37. The highest BCUT2D eigenvalue weighted by Gasteiger charge is 2.30. The lowest BCUT2D eigenvalue weighted by Crippen LogP contribution is -2.48. The summed E-state index contributed by atoms with van der Waals surface area (Å²) in [5.41, 5.74) is 0.310. The number of hydrogen-bond donors (Lipinski definition) is 1. The van der Waals surface area contributed by atoms with E-state index in [1.165, 1.54) is 18.1 Å². The Bertz CT molecular complexity index is 648. The van der Waals surface area contributed by atoms with Crippen LogP contribution in [0.15, 0.2) is 12.1 Å². The van der Waals surface area contributed by atoms with Gasteiger partial charge in [-0.05, 0) is 18.1 Å². The first-order chi connectivity index (χ1) is 11.8. The minimum absolute atomic E-state index is 0.0142. The van der Waals surface area contributed by atoms with E-state index in [4.69, 9.17) is 30.9 Å². The minimum atomic E-state index is -1.09. The van der Waals surface area contributed by atoms with Crippen LogP contribution < -0.4 is 9.47 Å². The first-order valence-electron chi connectivity index (χ1n) is 7.97. The van der Waals surface area contributed by atoms with Gasteiger partial charge in [0.1, 0.15) is 0 Å². The molecule has 0 radical (unpaired) electrons. The normalized spacial score (nSPS) is 17.5. The third-order valence-electron chi connectivity index (χ3n) is 3.67. The van der Waals surface area contributed by atoms with Crippen LogP contribution in [0.2, 0.25) is 5.02 Å². The van der Waals surface area contributed by atoms with E-state index in [0.717, 1.165) is 0 Å². The van der Waals surface area contributed by atoms with Gasteiger partial charge in [0.05, 0.1) is 31.9 Å². The van der Waals surface area contributed by atoms with Gasteiger partial charge in [-0.1, -0.05) is 25.4 Å². The molecule has 0 saturated carbocycles. The summed E-state index contributed by atoms with van der Waals surface area (Å²) in [6.07, 6.45) is -1.02. The fraction of sp³-hybridized carbons (Fsp3) is 0.529. The van der Waals surface area contributed by atoms with Crippen molar-refractivity contribution in [3.05, 3.63) is 22.7 Å². The largest absolute Gasteiger partial charge is 0.493 e. The molecule has 1 aromatic carbocycles. The van der Waals surface area contributed by atoms with Gasteiger partial charge in [-0.2, -0.15) is 0 Å². The quantitative estimate of drug-likeness (QED) is 0.825. The lowest BCUT2D eigenvalue weighted by Gasteiger charge is -2.31. The number of morpholine rings is 1. The van der Waals surface area contributed by atoms with E-state index in [0.29, 0.717) is 36.1 Å². The predicted molar refractivity (Wildman–Crippen MR) is 91.6 cm³/mol. The monoisotopic (exact) mass is 371 g/mol. The molecule has 8 heteroatoms. The van der Waals surface area contributed by atoms with Crippen LogP contribution >= 0.6 is 11.6 Å². The van der Waals surface area contributed by atoms with E-state index in [1.807, 2.05) is 13.8 Å². The summed E-state index contributed by atoms with van der Waals surface area (Å²) >= 11 is 6.26. The van der Waals surface area contributed by atoms with Crippen LogP contribution in [0.25, 0.3) is 0 Å². The number of rotatable bonds is 6. The molecule has 138 valence electrons. The molecule has 1 unspecified atom stereocenters. The molecule has 0 aromatic heterocycles. The molecule has 1 saturated heterocycles. The summed E-state index contributed by atoms with van der Waals surface area (Å²) in [5.74, 6) is -0.363. The predicted octanol–water partition coefficient (Wildman–Crippen LogP) is 2.31. The van der Waals surface area contributed by atoms with Crippen molar-refractivity contribution >= 4 is 23.5 Å². The second kappa shape index (κ2) is 8.40. The number of halogens is 1. The van der Waals surface area contributed by atoms with Crippen LogP contribution in [0.4, 0.5) is 0 Å². The summed E-state index contributed by atoms with van der Waals surface area (Å²) in [6.45, 7) is 4.95. The molecule has 1 amide bonds. The average molecular weight is 372 g/mol.